The number of aromatic nitrogens is 2. The molecule has 1 aliphatic heterocycles. The molecule has 2 N–H and O–H groups in total. The maximum absolute atomic E-state index is 12.9. The minimum absolute atomic E-state index is 0.172. The molecular formula is C25H32N3O2S+. The van der Waals surface area contributed by atoms with Crippen LogP contribution in [0.1, 0.15) is 46.7 Å². The van der Waals surface area contributed by atoms with E-state index >= 15 is 0 Å². The molecule has 0 radical (unpaired) electrons. The number of nitrogens with one attached hydrogen (secondary N) is 2. The van der Waals surface area contributed by atoms with Crippen LogP contribution in [0.2, 0.25) is 0 Å². The Morgan fingerprint density at radius 3 is 2.77 bits per heavy atom. The van der Waals surface area contributed by atoms with Crippen LogP contribution in [-0.2, 0) is 26.4 Å². The molecule has 3 aromatic rings. The fourth-order valence-electron chi connectivity index (χ4n) is 4.30. The lowest BCUT2D eigenvalue weighted by molar-refractivity contribution is 0.0679. The van der Waals surface area contributed by atoms with Gasteiger partial charge in [0.15, 0.2) is 15.9 Å². The molecule has 5 nitrogen and oxygen atoms in total. The second-order valence-corrected chi connectivity index (χ2v) is 9.86. The Bertz CT molecular complexity index is 1010. The van der Waals surface area contributed by atoms with Gasteiger partial charge in [0.1, 0.15) is 0 Å². The van der Waals surface area contributed by atoms with Crippen LogP contribution in [0.15, 0.2) is 59.9 Å². The van der Waals surface area contributed by atoms with Crippen molar-refractivity contribution in [1.82, 2.24) is 14.7 Å². The minimum atomic E-state index is -1.61. The average Bonchev–Trinajstić information content (AvgIpc) is 3.33. The molecule has 0 amide bonds. The van der Waals surface area contributed by atoms with Crippen LogP contribution in [-0.4, -0.2) is 29.7 Å². The smallest absolute Gasteiger partial charge is 0.175 e. The van der Waals surface area contributed by atoms with Crippen LogP contribution in [0.4, 0.5) is 0 Å². The SMILES string of the molecule is Cc1cccc(C(Cc2cccc([SH+](=O)NCC3CCOCC3)c2)c2cnc[nH]2)c1C. The van der Waals surface area contributed by atoms with Gasteiger partial charge in [-0.2, -0.15) is 0 Å². The summed E-state index contributed by atoms with van der Waals surface area (Å²) in [5.74, 6) is 0.718. The molecule has 1 saturated heterocycles. The van der Waals surface area contributed by atoms with E-state index in [0.29, 0.717) is 5.92 Å². The van der Waals surface area contributed by atoms with Crippen molar-refractivity contribution in [1.29, 1.82) is 0 Å². The number of ether oxygens (including phenoxy) is 1. The molecule has 2 aromatic carbocycles. The van der Waals surface area contributed by atoms with E-state index in [1.807, 2.05) is 18.3 Å². The molecule has 6 heteroatoms. The predicted octanol–water partition coefficient (Wildman–Crippen LogP) is 4.39. The van der Waals surface area contributed by atoms with Crippen molar-refractivity contribution in [3.63, 3.8) is 0 Å². The molecule has 1 fully saturated rings. The Balaban J connectivity index is 1.51. The standard InChI is InChI=1S/C25H31N3O2S/c1-18-5-3-8-23(19(18)2)24(25-16-26-17-27-25)14-21-6-4-7-22(13-21)31(29)28-15-20-9-11-30-12-10-20/h3-8,13,16-17,20,24H,9-12,14-15H2,1-2H3,(H,26,27)(H,28,29)/p+1. The molecule has 4 rings (SSSR count). The van der Waals surface area contributed by atoms with Gasteiger partial charge in [-0.25, -0.2) is 4.98 Å². The molecule has 164 valence electrons. The predicted molar refractivity (Wildman–Crippen MR) is 126 cm³/mol. The second-order valence-electron chi connectivity index (χ2n) is 8.44. The van der Waals surface area contributed by atoms with E-state index in [-0.39, 0.29) is 5.92 Å². The van der Waals surface area contributed by atoms with Crippen molar-refractivity contribution < 1.29 is 8.95 Å². The normalized spacial score (nSPS) is 16.8. The van der Waals surface area contributed by atoms with Gasteiger partial charge in [-0.15, -0.1) is 4.72 Å². The van der Waals surface area contributed by atoms with Crippen LogP contribution in [0.3, 0.4) is 0 Å². The first-order valence-electron chi connectivity index (χ1n) is 11.0. The van der Waals surface area contributed by atoms with Gasteiger partial charge >= 0.3 is 0 Å². The van der Waals surface area contributed by atoms with Crippen LogP contribution >= 0.6 is 0 Å². The Kier molecular flexibility index (Phi) is 7.33. The molecule has 0 aliphatic carbocycles. The van der Waals surface area contributed by atoms with Gasteiger partial charge in [0.2, 0.25) is 0 Å². The lowest BCUT2D eigenvalue weighted by Gasteiger charge is -2.21. The van der Waals surface area contributed by atoms with Gasteiger partial charge in [0, 0.05) is 37.6 Å². The Morgan fingerprint density at radius 1 is 1.19 bits per heavy atom. The maximum atomic E-state index is 12.9. The van der Waals surface area contributed by atoms with E-state index in [1.165, 1.54) is 22.3 Å². The molecular weight excluding hydrogens is 406 g/mol. The van der Waals surface area contributed by atoms with E-state index in [4.69, 9.17) is 4.74 Å². The number of rotatable bonds is 8. The molecule has 0 saturated carbocycles. The molecule has 2 heterocycles. The Hall–Kier alpha value is -2.28. The molecule has 2 unspecified atom stereocenters. The summed E-state index contributed by atoms with van der Waals surface area (Å²) in [6, 6.07) is 14.7. The third-order valence-electron chi connectivity index (χ3n) is 6.37. The number of benzene rings is 2. The number of aromatic amines is 1. The van der Waals surface area contributed by atoms with Crippen LogP contribution in [0.25, 0.3) is 0 Å². The van der Waals surface area contributed by atoms with Gasteiger partial charge < -0.3 is 9.72 Å². The summed E-state index contributed by atoms with van der Waals surface area (Å²) in [5, 5.41) is 0. The Morgan fingerprint density at radius 2 is 2.00 bits per heavy atom. The number of aryl methyl sites for hydroxylation is 1. The lowest BCUT2D eigenvalue weighted by Crippen LogP contribution is -2.28. The average molecular weight is 439 g/mol. The molecule has 0 spiro atoms. The highest BCUT2D eigenvalue weighted by Crippen LogP contribution is 2.31. The van der Waals surface area contributed by atoms with E-state index in [1.54, 1.807) is 6.33 Å². The van der Waals surface area contributed by atoms with E-state index < -0.39 is 11.0 Å². The molecule has 0 bridgehead atoms. The fourth-order valence-corrected chi connectivity index (χ4v) is 5.41. The summed E-state index contributed by atoms with van der Waals surface area (Å²) in [6.45, 7) is 6.74. The van der Waals surface area contributed by atoms with Crippen molar-refractivity contribution >= 4 is 11.0 Å². The molecule has 2 atom stereocenters. The summed E-state index contributed by atoms with van der Waals surface area (Å²) in [6.07, 6.45) is 6.55. The molecule has 1 aromatic heterocycles. The summed E-state index contributed by atoms with van der Waals surface area (Å²) >= 11 is 0. The summed E-state index contributed by atoms with van der Waals surface area (Å²) in [5.41, 5.74) is 6.17. The number of hydrogen-bond acceptors (Lipinski definition) is 3. The first kappa shape index (κ1) is 21.9. The lowest BCUT2D eigenvalue weighted by atomic mass is 9.86. The van der Waals surface area contributed by atoms with Gasteiger partial charge in [0.25, 0.3) is 0 Å². The summed E-state index contributed by atoms with van der Waals surface area (Å²) in [4.78, 5) is 8.43. The largest absolute Gasteiger partial charge is 0.381 e. The number of imidazole rings is 1. The second kappa shape index (κ2) is 10.4. The van der Waals surface area contributed by atoms with Crippen LogP contribution < -0.4 is 4.72 Å². The van der Waals surface area contributed by atoms with Crippen LogP contribution in [0, 0.1) is 19.8 Å². The highest BCUT2D eigenvalue weighted by atomic mass is 32.2. The van der Waals surface area contributed by atoms with E-state index in [2.05, 4.69) is 58.9 Å². The summed E-state index contributed by atoms with van der Waals surface area (Å²) < 4.78 is 21.6. The highest BCUT2D eigenvalue weighted by molar-refractivity contribution is 7.83. The summed E-state index contributed by atoms with van der Waals surface area (Å²) in [7, 11) is -1.61. The van der Waals surface area contributed by atoms with Crippen molar-refractivity contribution in [3.05, 3.63) is 82.9 Å². The fraction of sp³-hybridized carbons (Fsp3) is 0.400. The first-order valence-corrected chi connectivity index (χ1v) is 12.3. The van der Waals surface area contributed by atoms with Gasteiger partial charge in [-0.05, 0) is 73.4 Å². The van der Waals surface area contributed by atoms with Gasteiger partial charge in [-0.3, -0.25) is 0 Å². The third-order valence-corrected chi connectivity index (χ3v) is 7.58. The number of hydrogen-bond donors (Lipinski definition) is 2. The topological polar surface area (TPSA) is 67.0 Å². The van der Waals surface area contributed by atoms with Crippen molar-refractivity contribution in [3.8, 4) is 0 Å². The van der Waals surface area contributed by atoms with E-state index in [9.17, 15) is 4.21 Å². The molecule has 31 heavy (non-hydrogen) atoms. The maximum Gasteiger partial charge on any atom is 0.175 e. The van der Waals surface area contributed by atoms with E-state index in [0.717, 1.165) is 49.6 Å². The quantitative estimate of drug-likeness (QED) is 0.405. The number of nitrogens with zero attached hydrogens (tertiary/aromatic N) is 1. The third kappa shape index (κ3) is 5.50. The van der Waals surface area contributed by atoms with Gasteiger partial charge in [0.05, 0.1) is 6.33 Å². The first-order chi connectivity index (χ1) is 15.1. The van der Waals surface area contributed by atoms with Gasteiger partial charge in [-0.1, -0.05) is 34.5 Å². The minimum Gasteiger partial charge on any atom is -0.381 e. The highest BCUT2D eigenvalue weighted by Gasteiger charge is 2.21. The van der Waals surface area contributed by atoms with Crippen LogP contribution in [0.5, 0.6) is 0 Å². The monoisotopic (exact) mass is 438 g/mol. The van der Waals surface area contributed by atoms with Crippen molar-refractivity contribution in [2.24, 2.45) is 5.92 Å². The number of H-pyrrole nitrogens is 1. The zero-order chi connectivity index (χ0) is 21.6. The zero-order valence-electron chi connectivity index (χ0n) is 18.3. The number of thiol groups is 1. The molecule has 1 aliphatic rings. The Labute approximate surface area is 187 Å². The van der Waals surface area contributed by atoms with Crippen molar-refractivity contribution in [2.45, 2.75) is 43.9 Å². The van der Waals surface area contributed by atoms with Crippen molar-refractivity contribution in [2.75, 3.05) is 19.8 Å². The zero-order valence-corrected chi connectivity index (χ0v) is 19.2.